The molecule has 1 aromatic rings. The predicted molar refractivity (Wildman–Crippen MR) is 67.3 cm³/mol. The molecular formula is C13H18N2O3. The van der Waals surface area contributed by atoms with Crippen LogP contribution in [0.15, 0.2) is 10.9 Å². The minimum absolute atomic E-state index is 0.0353. The number of hydrogen-bond acceptors (Lipinski definition) is 3. The Bertz CT molecular complexity index is 501. The van der Waals surface area contributed by atoms with Crippen LogP contribution < -0.4 is 10.9 Å². The van der Waals surface area contributed by atoms with Gasteiger partial charge in [0.25, 0.3) is 5.56 Å². The van der Waals surface area contributed by atoms with Crippen LogP contribution in [0.5, 0.6) is 0 Å². The number of ether oxygens (including phenoxy) is 1. The molecule has 2 rings (SSSR count). The first-order valence-electron chi connectivity index (χ1n) is 6.13. The molecule has 1 unspecified atom stereocenters. The van der Waals surface area contributed by atoms with Gasteiger partial charge in [-0.25, -0.2) is 0 Å². The Morgan fingerprint density at radius 3 is 2.94 bits per heavy atom. The summed E-state index contributed by atoms with van der Waals surface area (Å²) in [5, 5.41) is 2.80. The number of carbonyl (C=O) groups is 1. The molecule has 98 valence electrons. The van der Waals surface area contributed by atoms with E-state index in [0.29, 0.717) is 18.8 Å². The first-order valence-corrected chi connectivity index (χ1v) is 6.13. The number of hydrogen-bond donors (Lipinski definition) is 2. The van der Waals surface area contributed by atoms with Crippen LogP contribution in [0.1, 0.15) is 23.2 Å². The summed E-state index contributed by atoms with van der Waals surface area (Å²) in [6.07, 6.45) is 0.759. The molecule has 2 heterocycles. The molecule has 2 N–H and O–H groups in total. The smallest absolute Gasteiger partial charge is 0.253 e. The number of H-pyrrole nitrogens is 1. The van der Waals surface area contributed by atoms with E-state index in [1.54, 1.807) is 0 Å². The Labute approximate surface area is 106 Å². The zero-order chi connectivity index (χ0) is 13.1. The first kappa shape index (κ1) is 12.8. The Balaban J connectivity index is 2.02. The highest BCUT2D eigenvalue weighted by Crippen LogP contribution is 2.12. The highest BCUT2D eigenvalue weighted by molar-refractivity contribution is 5.79. The van der Waals surface area contributed by atoms with E-state index < -0.39 is 0 Å². The topological polar surface area (TPSA) is 71.2 Å². The maximum absolute atomic E-state index is 11.8. The Morgan fingerprint density at radius 1 is 1.56 bits per heavy atom. The van der Waals surface area contributed by atoms with Gasteiger partial charge in [-0.05, 0) is 31.9 Å². The molecular weight excluding hydrogens is 232 g/mol. The number of aryl methyl sites for hydroxylation is 2. The Hall–Kier alpha value is -1.62. The molecule has 1 aliphatic heterocycles. The van der Waals surface area contributed by atoms with Crippen molar-refractivity contribution in [3.05, 3.63) is 33.2 Å². The Kier molecular flexibility index (Phi) is 3.81. The molecule has 1 fully saturated rings. The molecule has 0 aliphatic carbocycles. The van der Waals surface area contributed by atoms with E-state index in [0.717, 1.165) is 17.7 Å². The van der Waals surface area contributed by atoms with Gasteiger partial charge in [0.15, 0.2) is 0 Å². The fraction of sp³-hybridized carbons (Fsp3) is 0.538. The summed E-state index contributed by atoms with van der Waals surface area (Å²) in [5.41, 5.74) is 2.22. The van der Waals surface area contributed by atoms with Gasteiger partial charge in [0.1, 0.15) is 0 Å². The SMILES string of the molecule is Cc1cc(C)c(CNC(=O)C2CCOC2)c(=O)[nH]1. The van der Waals surface area contributed by atoms with Crippen LogP contribution in [0.25, 0.3) is 0 Å². The van der Waals surface area contributed by atoms with Crippen LogP contribution in [0.4, 0.5) is 0 Å². The van der Waals surface area contributed by atoms with Crippen molar-refractivity contribution in [2.45, 2.75) is 26.8 Å². The van der Waals surface area contributed by atoms with E-state index in [9.17, 15) is 9.59 Å². The van der Waals surface area contributed by atoms with Crippen molar-refractivity contribution >= 4 is 5.91 Å². The molecule has 0 bridgehead atoms. The van der Waals surface area contributed by atoms with Gasteiger partial charge in [-0.1, -0.05) is 0 Å². The molecule has 0 radical (unpaired) electrons. The number of carbonyl (C=O) groups excluding carboxylic acids is 1. The molecule has 1 amide bonds. The van der Waals surface area contributed by atoms with Gasteiger partial charge < -0.3 is 15.0 Å². The van der Waals surface area contributed by atoms with Gasteiger partial charge in [0, 0.05) is 24.4 Å². The first-order chi connectivity index (χ1) is 8.58. The van der Waals surface area contributed by atoms with Crippen molar-refractivity contribution in [1.29, 1.82) is 0 Å². The van der Waals surface area contributed by atoms with Gasteiger partial charge in [0.2, 0.25) is 5.91 Å². The summed E-state index contributed by atoms with van der Waals surface area (Å²) in [7, 11) is 0. The van der Waals surface area contributed by atoms with Crippen LogP contribution >= 0.6 is 0 Å². The van der Waals surface area contributed by atoms with Crippen LogP contribution in [-0.4, -0.2) is 24.1 Å². The molecule has 0 spiro atoms. The minimum Gasteiger partial charge on any atom is -0.381 e. The van der Waals surface area contributed by atoms with Crippen molar-refractivity contribution in [2.24, 2.45) is 5.92 Å². The molecule has 5 heteroatoms. The molecule has 1 aromatic heterocycles. The fourth-order valence-corrected chi connectivity index (χ4v) is 2.16. The molecule has 0 aromatic carbocycles. The number of aromatic nitrogens is 1. The third-order valence-corrected chi connectivity index (χ3v) is 3.23. The molecule has 5 nitrogen and oxygen atoms in total. The number of rotatable bonds is 3. The van der Waals surface area contributed by atoms with Gasteiger partial charge in [-0.15, -0.1) is 0 Å². The second kappa shape index (κ2) is 5.35. The standard InChI is InChI=1S/C13H18N2O3/c1-8-5-9(2)15-13(17)11(8)6-14-12(16)10-3-4-18-7-10/h5,10H,3-4,6-7H2,1-2H3,(H,14,16)(H,15,17). The number of amides is 1. The number of aromatic amines is 1. The van der Waals surface area contributed by atoms with Crippen molar-refractivity contribution in [3.8, 4) is 0 Å². The van der Waals surface area contributed by atoms with E-state index in [4.69, 9.17) is 4.74 Å². The van der Waals surface area contributed by atoms with E-state index >= 15 is 0 Å². The van der Waals surface area contributed by atoms with Gasteiger partial charge in [0.05, 0.1) is 12.5 Å². The van der Waals surface area contributed by atoms with Gasteiger partial charge in [-0.3, -0.25) is 9.59 Å². The molecule has 18 heavy (non-hydrogen) atoms. The molecule has 1 aliphatic rings. The highest BCUT2D eigenvalue weighted by Gasteiger charge is 2.23. The summed E-state index contributed by atoms with van der Waals surface area (Å²) < 4.78 is 5.16. The monoisotopic (exact) mass is 250 g/mol. The van der Waals surface area contributed by atoms with E-state index in [1.807, 2.05) is 19.9 Å². The average Bonchev–Trinajstić information content (AvgIpc) is 2.80. The molecule has 1 atom stereocenters. The lowest BCUT2D eigenvalue weighted by Crippen LogP contribution is -2.33. The van der Waals surface area contributed by atoms with Crippen LogP contribution in [-0.2, 0) is 16.1 Å². The van der Waals surface area contributed by atoms with Crippen LogP contribution in [0.3, 0.4) is 0 Å². The minimum atomic E-state index is -0.129. The third kappa shape index (κ3) is 2.79. The van der Waals surface area contributed by atoms with E-state index in [2.05, 4.69) is 10.3 Å². The zero-order valence-corrected chi connectivity index (χ0v) is 10.7. The summed E-state index contributed by atoms with van der Waals surface area (Å²) in [4.78, 5) is 26.3. The van der Waals surface area contributed by atoms with Crippen molar-refractivity contribution in [2.75, 3.05) is 13.2 Å². The fourth-order valence-electron chi connectivity index (χ4n) is 2.16. The van der Waals surface area contributed by atoms with Crippen LogP contribution in [0.2, 0.25) is 0 Å². The lowest BCUT2D eigenvalue weighted by atomic mass is 10.1. The van der Waals surface area contributed by atoms with E-state index in [1.165, 1.54) is 0 Å². The molecule has 0 saturated carbocycles. The largest absolute Gasteiger partial charge is 0.381 e. The average molecular weight is 250 g/mol. The Morgan fingerprint density at radius 2 is 2.33 bits per heavy atom. The maximum Gasteiger partial charge on any atom is 0.253 e. The third-order valence-electron chi connectivity index (χ3n) is 3.23. The van der Waals surface area contributed by atoms with Gasteiger partial charge in [-0.2, -0.15) is 0 Å². The van der Waals surface area contributed by atoms with Crippen molar-refractivity contribution in [3.63, 3.8) is 0 Å². The van der Waals surface area contributed by atoms with Gasteiger partial charge >= 0.3 is 0 Å². The van der Waals surface area contributed by atoms with Crippen LogP contribution in [0, 0.1) is 19.8 Å². The van der Waals surface area contributed by atoms with Crippen molar-refractivity contribution in [1.82, 2.24) is 10.3 Å². The lowest BCUT2D eigenvalue weighted by Gasteiger charge is -2.10. The molecule has 1 saturated heterocycles. The van der Waals surface area contributed by atoms with Crippen molar-refractivity contribution < 1.29 is 9.53 Å². The second-order valence-corrected chi connectivity index (χ2v) is 4.72. The zero-order valence-electron chi connectivity index (χ0n) is 10.7. The normalized spacial score (nSPS) is 18.9. The quantitative estimate of drug-likeness (QED) is 0.827. The second-order valence-electron chi connectivity index (χ2n) is 4.72. The lowest BCUT2D eigenvalue weighted by molar-refractivity contribution is -0.125. The summed E-state index contributed by atoms with van der Waals surface area (Å²) in [5.74, 6) is -0.110. The number of pyridine rings is 1. The van der Waals surface area contributed by atoms with E-state index in [-0.39, 0.29) is 23.9 Å². The highest BCUT2D eigenvalue weighted by atomic mass is 16.5. The summed E-state index contributed by atoms with van der Waals surface area (Å²) in [6.45, 7) is 5.11. The summed E-state index contributed by atoms with van der Waals surface area (Å²) in [6, 6.07) is 1.90. The number of nitrogens with one attached hydrogen (secondary N) is 2. The summed E-state index contributed by atoms with van der Waals surface area (Å²) >= 11 is 0. The predicted octanol–water partition coefficient (Wildman–Crippen LogP) is 0.644. The maximum atomic E-state index is 11.8.